The van der Waals surface area contributed by atoms with Gasteiger partial charge in [0.15, 0.2) is 33.1 Å². The Bertz CT molecular complexity index is 1700. The molecule has 0 fully saturated rings. The number of ether oxygens (including phenoxy) is 1. The van der Waals surface area contributed by atoms with Gasteiger partial charge in [0.1, 0.15) is 5.75 Å². The highest BCUT2D eigenvalue weighted by molar-refractivity contribution is 9.10. The molecule has 0 atom stereocenters. The molecule has 0 N–H and O–H groups in total. The molecule has 4 aromatic rings. The fourth-order valence-electron chi connectivity index (χ4n) is 3.57. The van der Waals surface area contributed by atoms with Gasteiger partial charge in [0.05, 0.1) is 34.0 Å². The minimum Gasteiger partial charge on any atom is -0.495 e. The maximum absolute atomic E-state index is 14.1. The molecule has 13 heteroatoms. The number of sulfone groups is 1. The number of halogens is 7. The molecule has 0 unspecified atom stereocenters. The van der Waals surface area contributed by atoms with Gasteiger partial charge in [0, 0.05) is 21.5 Å². The number of hydrogen-bond acceptors (Lipinski definition) is 4. The highest BCUT2D eigenvalue weighted by atomic mass is 79.9. The molecular weight excluding hydrogens is 597 g/mol. The Kier molecular flexibility index (Phi) is 6.88. The Hall–Kier alpha value is -2.96. The lowest BCUT2D eigenvalue weighted by Gasteiger charge is -2.16. The van der Waals surface area contributed by atoms with Crippen molar-refractivity contribution in [3.63, 3.8) is 0 Å². The summed E-state index contributed by atoms with van der Waals surface area (Å²) in [7, 11) is -3.21. The van der Waals surface area contributed by atoms with Gasteiger partial charge in [-0.1, -0.05) is 11.6 Å². The van der Waals surface area contributed by atoms with E-state index in [2.05, 4.69) is 15.9 Å². The summed E-state index contributed by atoms with van der Waals surface area (Å²) >= 11 is 9.44. The van der Waals surface area contributed by atoms with Gasteiger partial charge in [0.25, 0.3) is 5.56 Å². The van der Waals surface area contributed by atoms with Gasteiger partial charge in [-0.25, -0.2) is 30.4 Å². The second-order valence-electron chi connectivity index (χ2n) is 7.47. The molecule has 0 bridgehead atoms. The van der Waals surface area contributed by atoms with E-state index >= 15 is 0 Å². The van der Waals surface area contributed by atoms with Crippen LogP contribution in [-0.4, -0.2) is 20.1 Å². The molecule has 5 nitrogen and oxygen atoms in total. The summed E-state index contributed by atoms with van der Waals surface area (Å²) in [5, 5.41) is 0.478. The second kappa shape index (κ2) is 9.49. The number of rotatable bonds is 5. The van der Waals surface area contributed by atoms with Gasteiger partial charge in [0.2, 0.25) is 5.82 Å². The molecule has 1 heterocycles. The molecule has 188 valence electrons. The summed E-state index contributed by atoms with van der Waals surface area (Å²) in [4.78, 5) is 12.3. The quantitative estimate of drug-likeness (QED) is 0.156. The molecule has 0 saturated carbocycles. The molecule has 0 aliphatic heterocycles. The summed E-state index contributed by atoms with van der Waals surface area (Å²) < 4.78 is 101. The van der Waals surface area contributed by atoms with Crippen molar-refractivity contribution in [3.8, 4) is 11.4 Å². The van der Waals surface area contributed by atoms with E-state index in [1.54, 1.807) is 0 Å². The van der Waals surface area contributed by atoms with Crippen molar-refractivity contribution in [2.45, 2.75) is 10.6 Å². The zero-order chi connectivity index (χ0) is 26.5. The first-order chi connectivity index (χ1) is 16.9. The van der Waals surface area contributed by atoms with Crippen LogP contribution in [0.3, 0.4) is 0 Å². The Morgan fingerprint density at radius 2 is 1.53 bits per heavy atom. The molecule has 0 radical (unpaired) electrons. The van der Waals surface area contributed by atoms with Crippen LogP contribution in [0.4, 0.5) is 22.0 Å². The average Bonchev–Trinajstić information content (AvgIpc) is 2.85. The lowest BCUT2D eigenvalue weighted by atomic mass is 10.2. The first-order valence-electron chi connectivity index (χ1n) is 9.79. The van der Waals surface area contributed by atoms with E-state index in [1.165, 1.54) is 35.9 Å². The number of hydrogen-bond donors (Lipinski definition) is 0. The van der Waals surface area contributed by atoms with Crippen molar-refractivity contribution >= 4 is 48.3 Å². The summed E-state index contributed by atoms with van der Waals surface area (Å²) in [5.74, 6) is -12.6. The van der Waals surface area contributed by atoms with Crippen molar-refractivity contribution in [1.82, 2.24) is 4.57 Å². The Morgan fingerprint density at radius 3 is 2.14 bits per heavy atom. The Labute approximate surface area is 213 Å². The molecule has 1 aromatic heterocycles. The zero-order valence-corrected chi connectivity index (χ0v) is 21.0. The van der Waals surface area contributed by atoms with Crippen molar-refractivity contribution in [3.05, 3.63) is 97.0 Å². The number of pyridine rings is 1. The third-order valence-electron chi connectivity index (χ3n) is 5.32. The SMILES string of the molecule is COc1cc(Br)c(Cl)cc1-n1c(=O)ccc2cc(S(=O)(=O)Cc3c(F)c(F)c(F)c(F)c3F)ccc21. The zero-order valence-electron chi connectivity index (χ0n) is 17.9. The summed E-state index contributed by atoms with van der Waals surface area (Å²) in [6.07, 6.45) is 0. The number of aromatic nitrogens is 1. The largest absolute Gasteiger partial charge is 0.495 e. The smallest absolute Gasteiger partial charge is 0.255 e. The maximum atomic E-state index is 14.1. The van der Waals surface area contributed by atoms with Crippen LogP contribution in [0.1, 0.15) is 5.56 Å². The van der Waals surface area contributed by atoms with Crippen LogP contribution in [0.2, 0.25) is 5.02 Å². The molecule has 0 amide bonds. The lowest BCUT2D eigenvalue weighted by Crippen LogP contribution is -2.18. The average molecular weight is 609 g/mol. The monoisotopic (exact) mass is 607 g/mol. The molecule has 0 saturated heterocycles. The summed E-state index contributed by atoms with van der Waals surface area (Å²) in [5.41, 5.74) is -1.51. The maximum Gasteiger partial charge on any atom is 0.255 e. The van der Waals surface area contributed by atoms with Crippen molar-refractivity contribution < 1.29 is 35.1 Å². The first kappa shape index (κ1) is 26.1. The van der Waals surface area contributed by atoms with E-state index in [0.29, 0.717) is 4.47 Å². The van der Waals surface area contributed by atoms with Crippen LogP contribution in [-0.2, 0) is 15.6 Å². The number of benzene rings is 3. The van der Waals surface area contributed by atoms with Gasteiger partial charge in [-0.05, 0) is 52.3 Å². The van der Waals surface area contributed by atoms with Crippen molar-refractivity contribution in [2.24, 2.45) is 0 Å². The van der Waals surface area contributed by atoms with Crippen LogP contribution in [0.5, 0.6) is 5.75 Å². The van der Waals surface area contributed by atoms with Gasteiger partial charge in [-0.3, -0.25) is 9.36 Å². The topological polar surface area (TPSA) is 65.4 Å². The van der Waals surface area contributed by atoms with E-state index in [1.807, 2.05) is 0 Å². The number of methoxy groups -OCH3 is 1. The summed E-state index contributed by atoms with van der Waals surface area (Å²) in [6, 6.07) is 8.88. The third kappa shape index (κ3) is 4.37. The fourth-order valence-corrected chi connectivity index (χ4v) is 5.44. The van der Waals surface area contributed by atoms with Gasteiger partial charge >= 0.3 is 0 Å². The molecule has 0 aliphatic rings. The second-order valence-corrected chi connectivity index (χ2v) is 10.7. The van der Waals surface area contributed by atoms with E-state index in [0.717, 1.165) is 18.2 Å². The molecule has 36 heavy (non-hydrogen) atoms. The Morgan fingerprint density at radius 1 is 0.917 bits per heavy atom. The molecular formula is C23H12BrClF5NO4S. The highest BCUT2D eigenvalue weighted by Gasteiger charge is 2.29. The standard InChI is InChI=1S/C23H12BrClF5NO4S/c1-35-17-7-13(24)14(25)8-16(17)31-15-4-3-11(6-10(15)2-5-18(31)32)36(33,34)9-12-19(26)21(28)23(30)22(29)20(12)27/h2-8H,9H2,1H3. The number of fused-ring (bicyclic) bond motifs is 1. The van der Waals surface area contributed by atoms with Crippen LogP contribution in [0.15, 0.2) is 56.6 Å². The van der Waals surface area contributed by atoms with Gasteiger partial charge < -0.3 is 4.74 Å². The van der Waals surface area contributed by atoms with Crippen LogP contribution >= 0.6 is 27.5 Å². The van der Waals surface area contributed by atoms with E-state index in [4.69, 9.17) is 16.3 Å². The highest BCUT2D eigenvalue weighted by Crippen LogP contribution is 2.34. The van der Waals surface area contributed by atoms with Gasteiger partial charge in [-0.2, -0.15) is 0 Å². The van der Waals surface area contributed by atoms with E-state index < -0.39 is 60.7 Å². The number of nitrogens with zero attached hydrogens (tertiary/aromatic N) is 1. The minimum absolute atomic E-state index is 0.217. The van der Waals surface area contributed by atoms with Crippen LogP contribution in [0, 0.1) is 29.1 Å². The van der Waals surface area contributed by atoms with Crippen LogP contribution in [0.25, 0.3) is 16.6 Å². The van der Waals surface area contributed by atoms with E-state index in [-0.39, 0.29) is 27.4 Å². The van der Waals surface area contributed by atoms with E-state index in [9.17, 15) is 35.2 Å². The third-order valence-corrected chi connectivity index (χ3v) is 8.16. The normalized spacial score (nSPS) is 11.8. The predicted molar refractivity (Wildman–Crippen MR) is 126 cm³/mol. The lowest BCUT2D eigenvalue weighted by molar-refractivity contribution is 0.372. The minimum atomic E-state index is -4.58. The molecule has 3 aromatic carbocycles. The molecule has 0 aliphatic carbocycles. The molecule has 4 rings (SSSR count). The van der Waals surface area contributed by atoms with Crippen molar-refractivity contribution in [2.75, 3.05) is 7.11 Å². The first-order valence-corrected chi connectivity index (χ1v) is 12.6. The fraction of sp³-hybridized carbons (Fsp3) is 0.0870. The van der Waals surface area contributed by atoms with Crippen molar-refractivity contribution in [1.29, 1.82) is 0 Å². The van der Waals surface area contributed by atoms with Crippen LogP contribution < -0.4 is 10.3 Å². The predicted octanol–water partition coefficient (Wildman–Crippen LogP) is 6.08. The molecule has 0 spiro atoms. The Balaban J connectivity index is 1.87. The summed E-state index contributed by atoms with van der Waals surface area (Å²) in [6.45, 7) is 0. The van der Waals surface area contributed by atoms with Gasteiger partial charge in [-0.15, -0.1) is 0 Å².